The standard InChI is InChI=1S/C20H16N4O3/c25-18-11-10-16(23-22-15-6-2-1-3-7-15)12-14(18)13-21-24-20(27)17-8-4-5-9-19(17)26/h1-13,25-26H,(H,24,27)/b21-13-,23-22?. The number of carbonyl (C=O) groups is 1. The van der Waals surface area contributed by atoms with Gasteiger partial charge in [-0.2, -0.15) is 15.3 Å². The van der Waals surface area contributed by atoms with Crippen LogP contribution in [0.25, 0.3) is 0 Å². The van der Waals surface area contributed by atoms with Gasteiger partial charge in [-0.25, -0.2) is 5.43 Å². The first kappa shape index (κ1) is 17.8. The van der Waals surface area contributed by atoms with E-state index in [0.717, 1.165) is 0 Å². The van der Waals surface area contributed by atoms with Gasteiger partial charge in [-0.1, -0.05) is 30.3 Å². The molecule has 0 spiro atoms. The molecule has 0 radical (unpaired) electrons. The van der Waals surface area contributed by atoms with E-state index in [-0.39, 0.29) is 17.1 Å². The third kappa shape index (κ3) is 4.76. The number of nitrogens with zero attached hydrogens (tertiary/aromatic N) is 3. The molecule has 3 aromatic carbocycles. The van der Waals surface area contributed by atoms with E-state index in [4.69, 9.17) is 0 Å². The Balaban J connectivity index is 1.71. The SMILES string of the molecule is O=C(N/N=C\c1cc(N=Nc2ccccc2)ccc1O)c1ccccc1O. The lowest BCUT2D eigenvalue weighted by Crippen LogP contribution is -2.17. The summed E-state index contributed by atoms with van der Waals surface area (Å²) in [6.07, 6.45) is 1.29. The molecule has 0 unspecified atom stereocenters. The van der Waals surface area contributed by atoms with Gasteiger partial charge in [0.15, 0.2) is 0 Å². The minimum absolute atomic E-state index is 0.0192. The van der Waals surface area contributed by atoms with Gasteiger partial charge in [0.2, 0.25) is 0 Å². The fraction of sp³-hybridized carbons (Fsp3) is 0. The summed E-state index contributed by atoms with van der Waals surface area (Å²) < 4.78 is 0. The zero-order valence-electron chi connectivity index (χ0n) is 14.1. The summed E-state index contributed by atoms with van der Waals surface area (Å²) in [5.74, 6) is -0.727. The Morgan fingerprint density at radius 2 is 1.52 bits per heavy atom. The highest BCUT2D eigenvalue weighted by Crippen LogP contribution is 2.24. The quantitative estimate of drug-likeness (QED) is 0.359. The van der Waals surface area contributed by atoms with Crippen LogP contribution in [0.2, 0.25) is 0 Å². The molecule has 3 N–H and O–H groups in total. The minimum atomic E-state index is -0.566. The van der Waals surface area contributed by atoms with E-state index in [0.29, 0.717) is 16.9 Å². The van der Waals surface area contributed by atoms with Crippen molar-refractivity contribution in [3.05, 3.63) is 83.9 Å². The van der Waals surface area contributed by atoms with Crippen LogP contribution in [0.15, 0.2) is 88.1 Å². The third-order valence-electron chi connectivity index (χ3n) is 3.57. The van der Waals surface area contributed by atoms with Gasteiger partial charge < -0.3 is 10.2 Å². The van der Waals surface area contributed by atoms with Crippen LogP contribution < -0.4 is 5.43 Å². The van der Waals surface area contributed by atoms with E-state index >= 15 is 0 Å². The molecule has 0 fully saturated rings. The summed E-state index contributed by atoms with van der Waals surface area (Å²) in [4.78, 5) is 12.0. The largest absolute Gasteiger partial charge is 0.507 e. The van der Waals surface area contributed by atoms with Crippen molar-refractivity contribution in [2.75, 3.05) is 0 Å². The molecule has 0 aliphatic rings. The number of hydrazone groups is 1. The molecule has 27 heavy (non-hydrogen) atoms. The molecule has 7 heteroatoms. The molecule has 0 saturated heterocycles. The highest BCUT2D eigenvalue weighted by Gasteiger charge is 2.08. The zero-order chi connectivity index (χ0) is 19.1. The number of nitrogens with one attached hydrogen (secondary N) is 1. The van der Waals surface area contributed by atoms with Crippen LogP contribution >= 0.6 is 0 Å². The Morgan fingerprint density at radius 1 is 0.815 bits per heavy atom. The predicted octanol–water partition coefficient (Wildman–Crippen LogP) is 4.28. The molecular formula is C20H16N4O3. The lowest BCUT2D eigenvalue weighted by molar-refractivity contribution is 0.0952. The van der Waals surface area contributed by atoms with E-state index in [2.05, 4.69) is 20.8 Å². The number of benzene rings is 3. The van der Waals surface area contributed by atoms with Gasteiger partial charge in [0.1, 0.15) is 11.5 Å². The maximum Gasteiger partial charge on any atom is 0.275 e. The molecule has 0 heterocycles. The zero-order valence-corrected chi connectivity index (χ0v) is 14.1. The van der Waals surface area contributed by atoms with E-state index in [1.807, 2.05) is 30.3 Å². The first-order valence-electron chi connectivity index (χ1n) is 8.05. The second-order valence-electron chi connectivity index (χ2n) is 5.49. The number of carbonyl (C=O) groups excluding carboxylic acids is 1. The van der Waals surface area contributed by atoms with Crippen molar-refractivity contribution in [2.24, 2.45) is 15.3 Å². The summed E-state index contributed by atoms with van der Waals surface area (Å²) in [5, 5.41) is 31.6. The lowest BCUT2D eigenvalue weighted by Gasteiger charge is -2.03. The van der Waals surface area contributed by atoms with Crippen LogP contribution in [0.1, 0.15) is 15.9 Å². The van der Waals surface area contributed by atoms with Crippen molar-refractivity contribution in [1.29, 1.82) is 0 Å². The monoisotopic (exact) mass is 360 g/mol. The van der Waals surface area contributed by atoms with Crippen LogP contribution in [-0.4, -0.2) is 22.3 Å². The lowest BCUT2D eigenvalue weighted by atomic mass is 10.2. The van der Waals surface area contributed by atoms with Crippen molar-refractivity contribution in [3.63, 3.8) is 0 Å². The molecule has 1 amide bonds. The summed E-state index contributed by atoms with van der Waals surface area (Å²) in [6.45, 7) is 0. The number of amides is 1. The maximum absolute atomic E-state index is 12.0. The predicted molar refractivity (Wildman–Crippen MR) is 102 cm³/mol. The topological polar surface area (TPSA) is 107 Å². The fourth-order valence-corrected chi connectivity index (χ4v) is 2.20. The first-order valence-corrected chi connectivity index (χ1v) is 8.05. The van der Waals surface area contributed by atoms with Crippen LogP contribution in [-0.2, 0) is 0 Å². The molecule has 0 saturated carbocycles. The highest BCUT2D eigenvalue weighted by atomic mass is 16.3. The molecule has 134 valence electrons. The van der Waals surface area contributed by atoms with Crippen LogP contribution in [0.4, 0.5) is 11.4 Å². The molecule has 0 aliphatic carbocycles. The van der Waals surface area contributed by atoms with E-state index < -0.39 is 5.91 Å². The Kier molecular flexibility index (Phi) is 5.54. The van der Waals surface area contributed by atoms with Gasteiger partial charge in [0, 0.05) is 5.56 Å². The molecule has 0 bridgehead atoms. The van der Waals surface area contributed by atoms with E-state index in [9.17, 15) is 15.0 Å². The van der Waals surface area contributed by atoms with E-state index in [1.165, 1.54) is 24.4 Å². The molecular weight excluding hydrogens is 344 g/mol. The number of aromatic hydroxyl groups is 2. The van der Waals surface area contributed by atoms with Gasteiger partial charge in [0.25, 0.3) is 5.91 Å². The molecule has 7 nitrogen and oxygen atoms in total. The number of para-hydroxylation sites is 1. The van der Waals surface area contributed by atoms with Crippen LogP contribution in [0, 0.1) is 0 Å². The minimum Gasteiger partial charge on any atom is -0.507 e. The third-order valence-corrected chi connectivity index (χ3v) is 3.57. The van der Waals surface area contributed by atoms with Crippen LogP contribution in [0.5, 0.6) is 11.5 Å². The Labute approximate surface area is 155 Å². The number of hydrogen-bond donors (Lipinski definition) is 3. The second-order valence-corrected chi connectivity index (χ2v) is 5.49. The van der Waals surface area contributed by atoms with Gasteiger partial charge in [-0.3, -0.25) is 4.79 Å². The maximum atomic E-state index is 12.0. The summed E-state index contributed by atoms with van der Waals surface area (Å²) >= 11 is 0. The Morgan fingerprint density at radius 3 is 2.30 bits per heavy atom. The molecule has 0 aromatic heterocycles. The van der Waals surface area contributed by atoms with Crippen molar-refractivity contribution in [2.45, 2.75) is 0 Å². The number of azo groups is 1. The second kappa shape index (κ2) is 8.39. The Bertz CT molecular complexity index is 1000. The van der Waals surface area contributed by atoms with Crippen molar-refractivity contribution in [1.82, 2.24) is 5.43 Å². The number of hydrogen-bond acceptors (Lipinski definition) is 6. The Hall–Kier alpha value is -4.00. The normalized spacial score (nSPS) is 11.1. The highest BCUT2D eigenvalue weighted by molar-refractivity contribution is 5.97. The van der Waals surface area contributed by atoms with Gasteiger partial charge in [-0.15, -0.1) is 0 Å². The molecule has 0 atom stereocenters. The van der Waals surface area contributed by atoms with Crippen molar-refractivity contribution < 1.29 is 15.0 Å². The summed E-state index contributed by atoms with van der Waals surface area (Å²) in [7, 11) is 0. The summed E-state index contributed by atoms with van der Waals surface area (Å²) in [6, 6.07) is 20.0. The fourth-order valence-electron chi connectivity index (χ4n) is 2.20. The van der Waals surface area contributed by atoms with E-state index in [1.54, 1.807) is 24.3 Å². The first-order chi connectivity index (χ1) is 13.1. The molecule has 3 rings (SSSR count). The smallest absolute Gasteiger partial charge is 0.275 e. The average Bonchev–Trinajstić information content (AvgIpc) is 2.69. The van der Waals surface area contributed by atoms with Crippen molar-refractivity contribution in [3.8, 4) is 11.5 Å². The number of rotatable bonds is 5. The average molecular weight is 360 g/mol. The van der Waals surface area contributed by atoms with Crippen molar-refractivity contribution >= 4 is 23.5 Å². The summed E-state index contributed by atoms with van der Waals surface area (Å²) in [5.41, 5.74) is 3.98. The molecule has 0 aliphatic heterocycles. The number of phenolic OH excluding ortho intramolecular Hbond substituents is 2. The van der Waals surface area contributed by atoms with Gasteiger partial charge >= 0.3 is 0 Å². The van der Waals surface area contributed by atoms with Gasteiger partial charge in [0.05, 0.1) is 23.2 Å². The van der Waals surface area contributed by atoms with Gasteiger partial charge in [-0.05, 0) is 42.5 Å². The number of phenols is 2. The molecule has 3 aromatic rings. The van der Waals surface area contributed by atoms with Crippen LogP contribution in [0.3, 0.4) is 0 Å².